The molecule has 2 rings (SSSR count). The Kier molecular flexibility index (Phi) is 2.66. The number of nitrogens with two attached hydrogens (primary N) is 1. The Bertz CT molecular complexity index is 516. The number of halogens is 2. The lowest BCUT2D eigenvalue weighted by Gasteiger charge is -1.94. The van der Waals surface area contributed by atoms with Gasteiger partial charge in [0.15, 0.2) is 0 Å². The van der Waals surface area contributed by atoms with Crippen molar-refractivity contribution in [2.24, 2.45) is 7.05 Å². The van der Waals surface area contributed by atoms with Gasteiger partial charge in [0, 0.05) is 18.2 Å². The molecular weight excluding hydrogens is 253 g/mol. The largest absolute Gasteiger partial charge is 0.384 e. The summed E-state index contributed by atoms with van der Waals surface area (Å²) in [4.78, 5) is 0. The third-order valence-electron chi connectivity index (χ3n) is 2.25. The van der Waals surface area contributed by atoms with Gasteiger partial charge in [-0.05, 0) is 13.0 Å². The molecule has 2 heterocycles. The van der Waals surface area contributed by atoms with E-state index in [-0.39, 0.29) is 0 Å². The summed E-state index contributed by atoms with van der Waals surface area (Å²) in [6, 6.07) is 1.81. The summed E-state index contributed by atoms with van der Waals surface area (Å²) in [5.41, 5.74) is 8.39. The minimum absolute atomic E-state index is 0.640. The molecule has 0 aliphatic heterocycles. The van der Waals surface area contributed by atoms with E-state index in [4.69, 9.17) is 28.9 Å². The van der Waals surface area contributed by atoms with E-state index in [1.165, 1.54) is 11.3 Å². The molecule has 0 atom stereocenters. The molecule has 0 aliphatic carbocycles. The van der Waals surface area contributed by atoms with Crippen LogP contribution >= 0.6 is 34.5 Å². The van der Waals surface area contributed by atoms with Crippen LogP contribution in [-0.4, -0.2) is 9.78 Å². The topological polar surface area (TPSA) is 43.8 Å². The van der Waals surface area contributed by atoms with Gasteiger partial charge in [-0.25, -0.2) is 0 Å². The third kappa shape index (κ3) is 1.73. The Morgan fingerprint density at radius 2 is 2.13 bits per heavy atom. The molecule has 0 aromatic carbocycles. The summed E-state index contributed by atoms with van der Waals surface area (Å²) in [5.74, 6) is 0.642. The number of hydrogen-bond donors (Lipinski definition) is 1. The van der Waals surface area contributed by atoms with Gasteiger partial charge < -0.3 is 5.73 Å². The molecule has 0 radical (unpaired) electrons. The Morgan fingerprint density at radius 3 is 2.53 bits per heavy atom. The van der Waals surface area contributed by atoms with Crippen LogP contribution in [0.15, 0.2) is 6.07 Å². The van der Waals surface area contributed by atoms with Gasteiger partial charge in [-0.2, -0.15) is 5.10 Å². The predicted molar refractivity (Wildman–Crippen MR) is 65.7 cm³/mol. The van der Waals surface area contributed by atoms with Gasteiger partial charge in [-0.15, -0.1) is 11.3 Å². The number of nitrogen functional groups attached to an aromatic ring is 1. The van der Waals surface area contributed by atoms with Crippen LogP contribution in [0.5, 0.6) is 0 Å². The summed E-state index contributed by atoms with van der Waals surface area (Å²) in [6.07, 6.45) is 0. The average molecular weight is 262 g/mol. The number of aromatic nitrogens is 2. The first kappa shape index (κ1) is 10.8. The van der Waals surface area contributed by atoms with E-state index < -0.39 is 0 Å². The van der Waals surface area contributed by atoms with Crippen LogP contribution in [-0.2, 0) is 7.05 Å². The van der Waals surface area contributed by atoms with Gasteiger partial charge in [0.1, 0.15) is 10.2 Å². The van der Waals surface area contributed by atoms with Crippen molar-refractivity contribution in [1.82, 2.24) is 9.78 Å². The number of hydrogen-bond acceptors (Lipinski definition) is 3. The highest BCUT2D eigenvalue weighted by Gasteiger charge is 2.16. The molecule has 0 spiro atoms. The van der Waals surface area contributed by atoms with E-state index in [1.807, 2.05) is 13.0 Å². The fourth-order valence-corrected chi connectivity index (χ4v) is 2.87. The number of rotatable bonds is 1. The normalized spacial score (nSPS) is 10.9. The van der Waals surface area contributed by atoms with E-state index in [0.717, 1.165) is 16.8 Å². The standard InChI is InChI=1S/C9H9Cl2N3S/c1-4-7(13-14(2)9(4)12)5-3-6(10)15-8(5)11/h3H,12H2,1-2H3. The van der Waals surface area contributed by atoms with E-state index in [0.29, 0.717) is 14.5 Å². The highest BCUT2D eigenvalue weighted by molar-refractivity contribution is 7.20. The molecule has 2 aromatic rings. The molecule has 0 amide bonds. The zero-order chi connectivity index (χ0) is 11.2. The van der Waals surface area contributed by atoms with Gasteiger partial charge in [0.25, 0.3) is 0 Å². The minimum atomic E-state index is 0.640. The van der Waals surface area contributed by atoms with Crippen molar-refractivity contribution in [3.05, 3.63) is 20.3 Å². The Balaban J connectivity index is 2.64. The second-order valence-electron chi connectivity index (χ2n) is 3.22. The van der Waals surface area contributed by atoms with Crippen LogP contribution in [0, 0.1) is 6.92 Å². The molecule has 0 aliphatic rings. The molecule has 15 heavy (non-hydrogen) atoms. The van der Waals surface area contributed by atoms with Crippen molar-refractivity contribution < 1.29 is 0 Å². The van der Waals surface area contributed by atoms with E-state index in [1.54, 1.807) is 11.7 Å². The number of anilines is 1. The van der Waals surface area contributed by atoms with Crippen LogP contribution in [0.4, 0.5) is 5.82 Å². The Labute approximate surface area is 101 Å². The summed E-state index contributed by atoms with van der Waals surface area (Å²) < 4.78 is 2.92. The predicted octanol–water partition coefficient (Wildman–Crippen LogP) is 3.35. The molecule has 2 N–H and O–H groups in total. The number of thiophene rings is 1. The Hall–Kier alpha value is -0.710. The molecule has 0 bridgehead atoms. The molecule has 80 valence electrons. The number of aryl methyl sites for hydroxylation is 1. The van der Waals surface area contributed by atoms with Crippen LogP contribution in [0.3, 0.4) is 0 Å². The van der Waals surface area contributed by atoms with Gasteiger partial charge >= 0.3 is 0 Å². The summed E-state index contributed by atoms with van der Waals surface area (Å²) >= 11 is 13.3. The highest BCUT2D eigenvalue weighted by atomic mass is 35.5. The first-order valence-corrected chi connectivity index (χ1v) is 5.82. The molecule has 0 saturated carbocycles. The lowest BCUT2D eigenvalue weighted by Crippen LogP contribution is -1.97. The maximum absolute atomic E-state index is 6.06. The highest BCUT2D eigenvalue weighted by Crippen LogP contribution is 2.39. The molecule has 6 heteroatoms. The maximum Gasteiger partial charge on any atom is 0.124 e. The maximum atomic E-state index is 6.06. The smallest absolute Gasteiger partial charge is 0.124 e. The van der Waals surface area contributed by atoms with Crippen molar-refractivity contribution in [3.8, 4) is 11.3 Å². The summed E-state index contributed by atoms with van der Waals surface area (Å²) in [6.45, 7) is 1.92. The van der Waals surface area contributed by atoms with Crippen molar-refractivity contribution >= 4 is 40.4 Å². The van der Waals surface area contributed by atoms with Crippen molar-refractivity contribution in [3.63, 3.8) is 0 Å². The molecule has 0 fully saturated rings. The summed E-state index contributed by atoms with van der Waals surface area (Å²) in [7, 11) is 1.80. The van der Waals surface area contributed by atoms with E-state index in [2.05, 4.69) is 5.10 Å². The minimum Gasteiger partial charge on any atom is -0.384 e. The van der Waals surface area contributed by atoms with Gasteiger partial charge in [0.05, 0.1) is 10.0 Å². The third-order valence-corrected chi connectivity index (χ3v) is 3.74. The monoisotopic (exact) mass is 261 g/mol. The summed E-state index contributed by atoms with van der Waals surface area (Å²) in [5, 5.41) is 4.31. The van der Waals surface area contributed by atoms with Crippen molar-refractivity contribution in [2.75, 3.05) is 5.73 Å². The molecule has 2 aromatic heterocycles. The Morgan fingerprint density at radius 1 is 1.47 bits per heavy atom. The quantitative estimate of drug-likeness (QED) is 0.856. The SMILES string of the molecule is Cc1c(-c2cc(Cl)sc2Cl)nn(C)c1N. The van der Waals surface area contributed by atoms with Gasteiger partial charge in [0.2, 0.25) is 0 Å². The van der Waals surface area contributed by atoms with Crippen molar-refractivity contribution in [2.45, 2.75) is 6.92 Å². The van der Waals surface area contributed by atoms with Crippen LogP contribution < -0.4 is 5.73 Å². The fourth-order valence-electron chi connectivity index (χ4n) is 1.40. The second kappa shape index (κ2) is 3.70. The number of nitrogens with zero attached hydrogens (tertiary/aromatic N) is 2. The lowest BCUT2D eigenvalue weighted by molar-refractivity contribution is 0.782. The zero-order valence-corrected chi connectivity index (χ0v) is 10.5. The zero-order valence-electron chi connectivity index (χ0n) is 8.21. The molecular formula is C9H9Cl2N3S. The van der Waals surface area contributed by atoms with Crippen LogP contribution in [0.25, 0.3) is 11.3 Å². The van der Waals surface area contributed by atoms with Crippen LogP contribution in [0.1, 0.15) is 5.56 Å². The van der Waals surface area contributed by atoms with E-state index >= 15 is 0 Å². The average Bonchev–Trinajstić information content (AvgIpc) is 2.61. The molecule has 0 saturated heterocycles. The van der Waals surface area contributed by atoms with Crippen molar-refractivity contribution in [1.29, 1.82) is 0 Å². The van der Waals surface area contributed by atoms with Crippen LogP contribution in [0.2, 0.25) is 8.67 Å². The van der Waals surface area contributed by atoms with Gasteiger partial charge in [-0.3, -0.25) is 4.68 Å². The first-order valence-electron chi connectivity index (χ1n) is 4.25. The fraction of sp³-hybridized carbons (Fsp3) is 0.222. The lowest BCUT2D eigenvalue weighted by atomic mass is 10.1. The molecule has 0 unspecified atom stereocenters. The molecule has 3 nitrogen and oxygen atoms in total. The second-order valence-corrected chi connectivity index (χ2v) is 5.51. The van der Waals surface area contributed by atoms with E-state index in [9.17, 15) is 0 Å². The first-order chi connectivity index (χ1) is 7.00. The van der Waals surface area contributed by atoms with Gasteiger partial charge in [-0.1, -0.05) is 23.2 Å².